The first-order valence-corrected chi connectivity index (χ1v) is 7.19. The van der Waals surface area contributed by atoms with Crippen molar-refractivity contribution in [2.75, 3.05) is 0 Å². The standard InChI is InChI=1S/C18H21NO2/c1-13(2)11-14-7-6-10-16(12-14)17(18(20)19-21)15-8-4-3-5-9-15/h3-10,12-13,17,21H,11H2,1-2H3,(H,19,20). The Bertz CT molecular complexity index is 593. The minimum absolute atomic E-state index is 0.414. The second kappa shape index (κ2) is 7.04. The molecular formula is C18H21NO2. The number of amides is 1. The Morgan fingerprint density at radius 1 is 1.05 bits per heavy atom. The lowest BCUT2D eigenvalue weighted by Gasteiger charge is -2.17. The fourth-order valence-electron chi connectivity index (χ4n) is 2.58. The van der Waals surface area contributed by atoms with E-state index < -0.39 is 11.8 Å². The molecule has 2 N–H and O–H groups in total. The lowest BCUT2D eigenvalue weighted by Crippen LogP contribution is -2.27. The summed E-state index contributed by atoms with van der Waals surface area (Å²) in [5.74, 6) is -0.353. The van der Waals surface area contributed by atoms with E-state index in [1.54, 1.807) is 5.48 Å². The van der Waals surface area contributed by atoms with Crippen molar-refractivity contribution in [3.8, 4) is 0 Å². The molecule has 2 aromatic carbocycles. The maximum Gasteiger partial charge on any atom is 0.255 e. The van der Waals surface area contributed by atoms with Crippen molar-refractivity contribution >= 4 is 5.91 Å². The third-order valence-corrected chi connectivity index (χ3v) is 3.43. The van der Waals surface area contributed by atoms with E-state index in [1.165, 1.54) is 5.56 Å². The highest BCUT2D eigenvalue weighted by Crippen LogP contribution is 2.26. The molecule has 0 aliphatic carbocycles. The van der Waals surface area contributed by atoms with Gasteiger partial charge >= 0.3 is 0 Å². The summed E-state index contributed by atoms with van der Waals surface area (Å²) in [6.07, 6.45) is 0.968. The number of hydrogen-bond donors (Lipinski definition) is 2. The Hall–Kier alpha value is -2.13. The fraction of sp³-hybridized carbons (Fsp3) is 0.278. The SMILES string of the molecule is CC(C)Cc1cccc(C(C(=O)NO)c2ccccc2)c1. The minimum atomic E-state index is -0.497. The molecule has 1 atom stereocenters. The third kappa shape index (κ3) is 3.92. The van der Waals surface area contributed by atoms with Crippen molar-refractivity contribution in [3.63, 3.8) is 0 Å². The number of rotatable bonds is 5. The zero-order valence-electron chi connectivity index (χ0n) is 12.4. The molecule has 21 heavy (non-hydrogen) atoms. The Balaban J connectivity index is 2.40. The van der Waals surface area contributed by atoms with Gasteiger partial charge in [0.25, 0.3) is 5.91 Å². The van der Waals surface area contributed by atoms with Gasteiger partial charge in [-0.1, -0.05) is 68.4 Å². The Morgan fingerprint density at radius 3 is 2.33 bits per heavy atom. The van der Waals surface area contributed by atoms with Crippen LogP contribution in [-0.4, -0.2) is 11.1 Å². The van der Waals surface area contributed by atoms with Gasteiger partial charge < -0.3 is 0 Å². The largest absolute Gasteiger partial charge is 0.289 e. The van der Waals surface area contributed by atoms with E-state index in [4.69, 9.17) is 5.21 Å². The average molecular weight is 283 g/mol. The molecule has 1 unspecified atom stereocenters. The molecule has 0 radical (unpaired) electrons. The van der Waals surface area contributed by atoms with E-state index in [1.807, 2.05) is 48.5 Å². The molecule has 110 valence electrons. The average Bonchev–Trinajstić information content (AvgIpc) is 2.48. The van der Waals surface area contributed by atoms with Crippen LogP contribution in [0.1, 0.15) is 36.5 Å². The van der Waals surface area contributed by atoms with Crippen molar-refractivity contribution in [1.29, 1.82) is 0 Å². The van der Waals surface area contributed by atoms with E-state index in [2.05, 4.69) is 19.9 Å². The summed E-state index contributed by atoms with van der Waals surface area (Å²) >= 11 is 0. The molecule has 0 aliphatic heterocycles. The van der Waals surface area contributed by atoms with Gasteiger partial charge in [-0.15, -0.1) is 0 Å². The van der Waals surface area contributed by atoms with Crippen LogP contribution in [0, 0.1) is 5.92 Å². The Labute approximate surface area is 125 Å². The fourth-order valence-corrected chi connectivity index (χ4v) is 2.58. The van der Waals surface area contributed by atoms with E-state index >= 15 is 0 Å². The van der Waals surface area contributed by atoms with Crippen LogP contribution in [0.15, 0.2) is 54.6 Å². The zero-order chi connectivity index (χ0) is 15.2. The number of benzene rings is 2. The summed E-state index contributed by atoms with van der Waals surface area (Å²) < 4.78 is 0. The summed E-state index contributed by atoms with van der Waals surface area (Å²) in [7, 11) is 0. The first-order chi connectivity index (χ1) is 10.1. The van der Waals surface area contributed by atoms with Gasteiger partial charge in [0, 0.05) is 0 Å². The van der Waals surface area contributed by atoms with Crippen molar-refractivity contribution in [3.05, 3.63) is 71.3 Å². The first-order valence-electron chi connectivity index (χ1n) is 7.19. The van der Waals surface area contributed by atoms with Crippen LogP contribution in [0.4, 0.5) is 0 Å². The summed E-state index contributed by atoms with van der Waals surface area (Å²) in [5, 5.41) is 9.04. The molecule has 0 aliphatic rings. The van der Waals surface area contributed by atoms with Gasteiger partial charge in [-0.05, 0) is 29.0 Å². The van der Waals surface area contributed by atoms with Gasteiger partial charge in [0.05, 0.1) is 5.92 Å². The molecule has 0 saturated heterocycles. The lowest BCUT2D eigenvalue weighted by molar-refractivity contribution is -0.129. The van der Waals surface area contributed by atoms with Gasteiger partial charge in [0.15, 0.2) is 0 Å². The van der Waals surface area contributed by atoms with Crippen molar-refractivity contribution in [2.45, 2.75) is 26.2 Å². The molecule has 0 aromatic heterocycles. The predicted octanol–water partition coefficient (Wildman–Crippen LogP) is 3.52. The third-order valence-electron chi connectivity index (χ3n) is 3.43. The highest BCUT2D eigenvalue weighted by molar-refractivity contribution is 5.86. The van der Waals surface area contributed by atoms with Crippen LogP contribution in [0.5, 0.6) is 0 Å². The molecule has 0 fully saturated rings. The van der Waals surface area contributed by atoms with Crippen LogP contribution in [0.2, 0.25) is 0 Å². The van der Waals surface area contributed by atoms with Crippen molar-refractivity contribution in [1.82, 2.24) is 5.48 Å². The summed E-state index contributed by atoms with van der Waals surface area (Å²) in [4.78, 5) is 12.1. The molecule has 2 rings (SSSR count). The molecule has 3 heteroatoms. The van der Waals surface area contributed by atoms with Crippen LogP contribution in [0.25, 0.3) is 0 Å². The van der Waals surface area contributed by atoms with E-state index in [0.717, 1.165) is 17.5 Å². The topological polar surface area (TPSA) is 49.3 Å². The second-order valence-electron chi connectivity index (χ2n) is 5.66. The molecular weight excluding hydrogens is 262 g/mol. The van der Waals surface area contributed by atoms with Gasteiger partial charge in [-0.25, -0.2) is 5.48 Å². The molecule has 0 saturated carbocycles. The smallest absolute Gasteiger partial charge is 0.255 e. The van der Waals surface area contributed by atoms with Crippen LogP contribution in [0.3, 0.4) is 0 Å². The molecule has 1 amide bonds. The molecule has 0 heterocycles. The lowest BCUT2D eigenvalue weighted by atomic mass is 9.88. The van der Waals surface area contributed by atoms with Crippen molar-refractivity contribution in [2.24, 2.45) is 5.92 Å². The maximum atomic E-state index is 12.1. The van der Waals surface area contributed by atoms with Crippen molar-refractivity contribution < 1.29 is 10.0 Å². The number of carbonyl (C=O) groups is 1. The highest BCUT2D eigenvalue weighted by atomic mass is 16.5. The van der Waals surface area contributed by atoms with Gasteiger partial charge in [-0.2, -0.15) is 0 Å². The van der Waals surface area contributed by atoms with Gasteiger partial charge in [-0.3, -0.25) is 10.0 Å². The van der Waals surface area contributed by atoms with Crippen LogP contribution in [-0.2, 0) is 11.2 Å². The highest BCUT2D eigenvalue weighted by Gasteiger charge is 2.22. The Morgan fingerprint density at radius 2 is 1.71 bits per heavy atom. The van der Waals surface area contributed by atoms with E-state index in [-0.39, 0.29) is 0 Å². The second-order valence-corrected chi connectivity index (χ2v) is 5.66. The van der Waals surface area contributed by atoms with Gasteiger partial charge in [0.2, 0.25) is 0 Å². The number of hydroxylamine groups is 1. The molecule has 0 spiro atoms. The maximum absolute atomic E-state index is 12.1. The minimum Gasteiger partial charge on any atom is -0.289 e. The number of nitrogens with one attached hydrogen (secondary N) is 1. The number of hydrogen-bond acceptors (Lipinski definition) is 2. The van der Waals surface area contributed by atoms with Gasteiger partial charge in [0.1, 0.15) is 0 Å². The quantitative estimate of drug-likeness (QED) is 0.651. The monoisotopic (exact) mass is 283 g/mol. The normalized spacial score (nSPS) is 12.2. The van der Waals surface area contributed by atoms with E-state index in [9.17, 15) is 4.79 Å². The first kappa shape index (κ1) is 15.3. The van der Waals surface area contributed by atoms with Crippen LogP contribution >= 0.6 is 0 Å². The Kier molecular flexibility index (Phi) is 5.12. The summed E-state index contributed by atoms with van der Waals surface area (Å²) in [6, 6.07) is 17.5. The predicted molar refractivity (Wildman–Crippen MR) is 83.2 cm³/mol. The zero-order valence-corrected chi connectivity index (χ0v) is 12.4. The molecule has 2 aromatic rings. The molecule has 0 bridgehead atoms. The van der Waals surface area contributed by atoms with E-state index in [0.29, 0.717) is 5.92 Å². The van der Waals surface area contributed by atoms with Crippen LogP contribution < -0.4 is 5.48 Å². The number of carbonyl (C=O) groups excluding carboxylic acids is 1. The summed E-state index contributed by atoms with van der Waals surface area (Å²) in [5.41, 5.74) is 4.75. The summed E-state index contributed by atoms with van der Waals surface area (Å²) in [6.45, 7) is 4.34. The molecule has 3 nitrogen and oxygen atoms in total.